The Labute approximate surface area is 155 Å². The highest BCUT2D eigenvalue weighted by molar-refractivity contribution is 8.23. The number of thioether (sulfide) groups is 1. The zero-order chi connectivity index (χ0) is 16.8. The molecular formula is C22H22S2. The topological polar surface area (TPSA) is 0 Å². The normalized spacial score (nSPS) is 16.5. The molecule has 1 aliphatic carbocycles. The largest absolute Gasteiger partial charge is 0.106 e. The van der Waals surface area contributed by atoms with Crippen molar-refractivity contribution in [1.29, 1.82) is 0 Å². The van der Waals surface area contributed by atoms with Crippen molar-refractivity contribution in [3.05, 3.63) is 96.3 Å². The first-order chi connectivity index (χ1) is 11.7. The highest BCUT2D eigenvalue weighted by Gasteiger charge is 2.21. The van der Waals surface area contributed by atoms with Crippen LogP contribution in [0, 0.1) is 18.8 Å². The molecule has 2 aromatic rings. The van der Waals surface area contributed by atoms with Crippen LogP contribution in [0.5, 0.6) is 0 Å². The van der Waals surface area contributed by atoms with Gasteiger partial charge in [-0.2, -0.15) is 0 Å². The predicted molar refractivity (Wildman–Crippen MR) is 110 cm³/mol. The Kier molecular flexibility index (Phi) is 6.28. The fourth-order valence-corrected chi connectivity index (χ4v) is 4.69. The molecule has 0 spiro atoms. The van der Waals surface area contributed by atoms with Crippen molar-refractivity contribution in [1.82, 2.24) is 0 Å². The molecule has 0 amide bonds. The first-order valence-corrected chi connectivity index (χ1v) is 9.69. The average Bonchev–Trinajstić information content (AvgIpc) is 3.17. The third-order valence-electron chi connectivity index (χ3n) is 4.43. The molecule has 122 valence electrons. The maximum Gasteiger partial charge on any atom is 0.0784 e. The summed E-state index contributed by atoms with van der Waals surface area (Å²) in [7, 11) is 0. The second kappa shape index (κ2) is 8.64. The fraction of sp³-hybridized carbons (Fsp3) is 0.227. The summed E-state index contributed by atoms with van der Waals surface area (Å²) in [4.78, 5) is 0. The van der Waals surface area contributed by atoms with Crippen LogP contribution < -0.4 is 0 Å². The molecule has 0 saturated heterocycles. The molecule has 1 aliphatic rings. The van der Waals surface area contributed by atoms with Gasteiger partial charge in [0.1, 0.15) is 0 Å². The van der Waals surface area contributed by atoms with Crippen molar-refractivity contribution >= 4 is 28.2 Å². The number of hydrogen-bond acceptors (Lipinski definition) is 2. The van der Waals surface area contributed by atoms with Gasteiger partial charge in [-0.05, 0) is 42.7 Å². The van der Waals surface area contributed by atoms with E-state index in [4.69, 9.17) is 12.2 Å². The Hall–Kier alpha value is -1.38. The Morgan fingerprint density at radius 1 is 1.04 bits per heavy atom. The van der Waals surface area contributed by atoms with E-state index in [0.29, 0.717) is 11.2 Å². The van der Waals surface area contributed by atoms with Gasteiger partial charge in [0.25, 0.3) is 0 Å². The van der Waals surface area contributed by atoms with Crippen molar-refractivity contribution in [2.24, 2.45) is 5.92 Å². The van der Waals surface area contributed by atoms with E-state index in [1.807, 2.05) is 17.8 Å². The fourth-order valence-electron chi connectivity index (χ4n) is 2.99. The van der Waals surface area contributed by atoms with Crippen LogP contribution in [0.15, 0.2) is 72.3 Å². The van der Waals surface area contributed by atoms with E-state index in [1.165, 1.54) is 11.1 Å². The van der Waals surface area contributed by atoms with Crippen molar-refractivity contribution in [3.8, 4) is 0 Å². The maximum atomic E-state index is 5.72. The lowest BCUT2D eigenvalue weighted by molar-refractivity contribution is 0.598. The highest BCUT2D eigenvalue weighted by Crippen LogP contribution is 2.40. The molecule has 0 heterocycles. The lowest BCUT2D eigenvalue weighted by Gasteiger charge is -2.22. The maximum absolute atomic E-state index is 5.72. The first-order valence-electron chi connectivity index (χ1n) is 8.40. The minimum atomic E-state index is 0.385. The van der Waals surface area contributed by atoms with Gasteiger partial charge in [-0.15, -0.1) is 11.8 Å². The predicted octanol–water partition coefficient (Wildman–Crippen LogP) is 6.60. The van der Waals surface area contributed by atoms with E-state index < -0.39 is 0 Å². The zero-order valence-electron chi connectivity index (χ0n) is 13.9. The zero-order valence-corrected chi connectivity index (χ0v) is 15.5. The van der Waals surface area contributed by atoms with Gasteiger partial charge < -0.3 is 0 Å². The SMILES string of the molecule is CC(CC(SC(=S)c1ccccc1)c1ccccc1)C1=C[CH][CH]C1. The van der Waals surface area contributed by atoms with Gasteiger partial charge in [0.15, 0.2) is 0 Å². The van der Waals surface area contributed by atoms with Crippen molar-refractivity contribution in [3.63, 3.8) is 0 Å². The number of hydrogen-bond donors (Lipinski definition) is 0. The van der Waals surface area contributed by atoms with Gasteiger partial charge in [0, 0.05) is 5.25 Å². The summed E-state index contributed by atoms with van der Waals surface area (Å²) in [6, 6.07) is 21.1. The minimum Gasteiger partial charge on any atom is -0.106 e. The summed E-state index contributed by atoms with van der Waals surface area (Å²) in [6.07, 6.45) is 8.88. The molecule has 2 aromatic carbocycles. The molecule has 0 saturated carbocycles. The Morgan fingerprint density at radius 2 is 1.71 bits per heavy atom. The molecular weight excluding hydrogens is 328 g/mol. The van der Waals surface area contributed by atoms with Crippen molar-refractivity contribution in [2.45, 2.75) is 25.0 Å². The number of allylic oxidation sites excluding steroid dienone is 2. The average molecular weight is 351 g/mol. The summed E-state index contributed by atoms with van der Waals surface area (Å²) in [6.45, 7) is 2.33. The third-order valence-corrected chi connectivity index (χ3v) is 6.15. The molecule has 2 heteroatoms. The Balaban J connectivity index is 1.76. The molecule has 0 N–H and O–H groups in total. The number of thiocarbonyl (C=S) groups is 1. The van der Waals surface area contributed by atoms with Gasteiger partial charge in [-0.3, -0.25) is 0 Å². The molecule has 3 rings (SSSR count). The molecule has 0 bridgehead atoms. The minimum absolute atomic E-state index is 0.385. The monoisotopic (exact) mass is 350 g/mol. The summed E-state index contributed by atoms with van der Waals surface area (Å²) in [5, 5.41) is 0.385. The Bertz CT molecular complexity index is 688. The van der Waals surface area contributed by atoms with Crippen LogP contribution in [-0.2, 0) is 0 Å². The van der Waals surface area contributed by atoms with E-state index >= 15 is 0 Å². The van der Waals surface area contributed by atoms with E-state index in [0.717, 1.165) is 22.6 Å². The van der Waals surface area contributed by atoms with E-state index in [2.05, 4.69) is 80.4 Å². The van der Waals surface area contributed by atoms with E-state index in [-0.39, 0.29) is 0 Å². The molecule has 2 unspecified atom stereocenters. The van der Waals surface area contributed by atoms with Gasteiger partial charge in [0.2, 0.25) is 0 Å². The van der Waals surface area contributed by atoms with Gasteiger partial charge in [-0.1, -0.05) is 91.5 Å². The second-order valence-electron chi connectivity index (χ2n) is 6.18. The first kappa shape index (κ1) is 17.4. The molecule has 0 fully saturated rings. The third kappa shape index (κ3) is 4.58. The lowest BCUT2D eigenvalue weighted by atomic mass is 9.93. The van der Waals surface area contributed by atoms with Crippen LogP contribution in [0.3, 0.4) is 0 Å². The molecule has 2 radical (unpaired) electrons. The quantitative estimate of drug-likeness (QED) is 0.538. The standard InChI is InChI=1S/C22H22S2/c1-17(18-10-8-9-11-18)16-21(19-12-4-2-5-13-19)24-22(23)20-14-6-3-7-15-20/h2-10,12-15,17,21H,11,16H2,1H3. The van der Waals surface area contributed by atoms with Crippen molar-refractivity contribution < 1.29 is 0 Å². The summed E-state index contributed by atoms with van der Waals surface area (Å²) >= 11 is 7.54. The summed E-state index contributed by atoms with van der Waals surface area (Å²) < 4.78 is 0.982. The lowest BCUT2D eigenvalue weighted by Crippen LogP contribution is -2.07. The van der Waals surface area contributed by atoms with Gasteiger partial charge in [-0.25, -0.2) is 0 Å². The molecule has 2 atom stereocenters. The van der Waals surface area contributed by atoms with Gasteiger partial charge in [0.05, 0.1) is 4.20 Å². The van der Waals surface area contributed by atoms with Crippen LogP contribution in [0.2, 0.25) is 0 Å². The van der Waals surface area contributed by atoms with Crippen LogP contribution in [0.4, 0.5) is 0 Å². The Morgan fingerprint density at radius 3 is 2.33 bits per heavy atom. The summed E-state index contributed by atoms with van der Waals surface area (Å²) in [5.41, 5.74) is 4.04. The van der Waals surface area contributed by atoms with Crippen LogP contribution in [-0.4, -0.2) is 4.20 Å². The molecule has 24 heavy (non-hydrogen) atoms. The van der Waals surface area contributed by atoms with Crippen molar-refractivity contribution in [2.75, 3.05) is 0 Å². The smallest absolute Gasteiger partial charge is 0.0784 e. The van der Waals surface area contributed by atoms with Gasteiger partial charge >= 0.3 is 0 Å². The van der Waals surface area contributed by atoms with E-state index in [9.17, 15) is 0 Å². The van der Waals surface area contributed by atoms with Crippen LogP contribution in [0.1, 0.15) is 36.1 Å². The van der Waals surface area contributed by atoms with Crippen LogP contribution in [0.25, 0.3) is 0 Å². The second-order valence-corrected chi connectivity index (χ2v) is 8.06. The highest BCUT2D eigenvalue weighted by atomic mass is 32.2. The summed E-state index contributed by atoms with van der Waals surface area (Å²) in [5.74, 6) is 0.566. The molecule has 0 aliphatic heterocycles. The number of rotatable bonds is 6. The van der Waals surface area contributed by atoms with Crippen LogP contribution >= 0.6 is 24.0 Å². The number of benzene rings is 2. The van der Waals surface area contributed by atoms with E-state index in [1.54, 1.807) is 0 Å². The molecule has 0 nitrogen and oxygen atoms in total. The molecule has 0 aromatic heterocycles.